The van der Waals surface area contributed by atoms with E-state index in [2.05, 4.69) is 37.4 Å². The first-order valence-corrected chi connectivity index (χ1v) is 4.60. The second kappa shape index (κ2) is 2.35. The van der Waals surface area contributed by atoms with Gasteiger partial charge >= 0.3 is 0 Å². The zero-order chi connectivity index (χ0) is 7.84. The largest absolute Gasteiger partial charge is 0.148 e. The summed E-state index contributed by atoms with van der Waals surface area (Å²) < 4.78 is 0. The first-order valence-electron chi connectivity index (χ1n) is 3.72. The Morgan fingerprint density at radius 1 is 1.18 bits per heavy atom. The van der Waals surface area contributed by atoms with Gasteiger partial charge in [0.25, 0.3) is 0 Å². The highest BCUT2D eigenvalue weighted by Crippen LogP contribution is 2.25. The summed E-state index contributed by atoms with van der Waals surface area (Å²) in [7, 11) is 0. The molecule has 0 aliphatic rings. The van der Waals surface area contributed by atoms with E-state index in [9.17, 15) is 0 Å². The van der Waals surface area contributed by atoms with Crippen LogP contribution >= 0.6 is 11.3 Å². The van der Waals surface area contributed by atoms with Crippen molar-refractivity contribution < 1.29 is 0 Å². The van der Waals surface area contributed by atoms with Crippen molar-refractivity contribution >= 4 is 22.1 Å². The predicted molar refractivity (Wildman–Crippen MR) is 51.3 cm³/mol. The molecule has 0 saturated heterocycles. The van der Waals surface area contributed by atoms with Gasteiger partial charge in [0.05, 0.1) is 0 Å². The average Bonchev–Trinajstić information content (AvgIpc) is 2.32. The Bertz CT molecular complexity index is 385. The minimum absolute atomic E-state index is 1.34. The maximum absolute atomic E-state index is 2.23. The summed E-state index contributed by atoms with van der Waals surface area (Å²) in [5.74, 6) is 0. The monoisotopic (exact) mass is 162 g/mol. The van der Waals surface area contributed by atoms with Crippen LogP contribution in [0.1, 0.15) is 10.4 Å². The SMILES string of the molecule is Cc1ccc2c(C)scc2c1. The fraction of sp³-hybridized carbons (Fsp3) is 0.200. The molecule has 0 atom stereocenters. The van der Waals surface area contributed by atoms with Gasteiger partial charge in [0.1, 0.15) is 0 Å². The molecule has 0 aliphatic heterocycles. The van der Waals surface area contributed by atoms with E-state index in [4.69, 9.17) is 0 Å². The molecular weight excluding hydrogens is 152 g/mol. The third-order valence-electron chi connectivity index (χ3n) is 1.95. The lowest BCUT2D eigenvalue weighted by Gasteiger charge is -1.92. The van der Waals surface area contributed by atoms with Gasteiger partial charge in [-0.15, -0.1) is 11.3 Å². The van der Waals surface area contributed by atoms with Gasteiger partial charge in [-0.05, 0) is 30.0 Å². The Labute approximate surface area is 70.5 Å². The molecule has 56 valence electrons. The van der Waals surface area contributed by atoms with E-state index >= 15 is 0 Å². The zero-order valence-corrected chi connectivity index (χ0v) is 7.53. The van der Waals surface area contributed by atoms with Gasteiger partial charge in [-0.3, -0.25) is 0 Å². The molecule has 2 aromatic rings. The lowest BCUT2D eigenvalue weighted by molar-refractivity contribution is 1.51. The van der Waals surface area contributed by atoms with Crippen molar-refractivity contribution in [3.63, 3.8) is 0 Å². The van der Waals surface area contributed by atoms with Crippen LogP contribution in [0.5, 0.6) is 0 Å². The molecule has 0 amide bonds. The first kappa shape index (κ1) is 6.86. The van der Waals surface area contributed by atoms with E-state index in [-0.39, 0.29) is 0 Å². The van der Waals surface area contributed by atoms with Crippen molar-refractivity contribution in [1.82, 2.24) is 0 Å². The van der Waals surface area contributed by atoms with Crippen LogP contribution in [0.15, 0.2) is 23.6 Å². The molecule has 1 aromatic heterocycles. The van der Waals surface area contributed by atoms with Crippen LogP contribution in [0, 0.1) is 13.8 Å². The second-order valence-corrected chi connectivity index (χ2v) is 3.97. The third kappa shape index (κ3) is 1.05. The molecular formula is C10H10S. The van der Waals surface area contributed by atoms with Crippen LogP contribution in [0.2, 0.25) is 0 Å². The number of fused-ring (bicyclic) bond motifs is 1. The molecule has 0 N–H and O–H groups in total. The molecule has 0 unspecified atom stereocenters. The minimum Gasteiger partial charge on any atom is -0.148 e. The normalized spacial score (nSPS) is 10.7. The minimum atomic E-state index is 1.34. The van der Waals surface area contributed by atoms with Crippen molar-refractivity contribution in [2.45, 2.75) is 13.8 Å². The van der Waals surface area contributed by atoms with Crippen LogP contribution in [-0.4, -0.2) is 0 Å². The maximum Gasteiger partial charge on any atom is 0.00927 e. The number of hydrogen-bond acceptors (Lipinski definition) is 1. The predicted octanol–water partition coefficient (Wildman–Crippen LogP) is 3.52. The van der Waals surface area contributed by atoms with Gasteiger partial charge in [0, 0.05) is 4.88 Å². The lowest BCUT2D eigenvalue weighted by Crippen LogP contribution is -1.70. The van der Waals surface area contributed by atoms with Gasteiger partial charge in [0.2, 0.25) is 0 Å². The van der Waals surface area contributed by atoms with Crippen LogP contribution in [0.25, 0.3) is 10.8 Å². The highest BCUT2D eigenvalue weighted by atomic mass is 32.1. The van der Waals surface area contributed by atoms with E-state index in [0.717, 1.165) is 0 Å². The summed E-state index contributed by atoms with van der Waals surface area (Å²) >= 11 is 1.83. The maximum atomic E-state index is 2.23. The van der Waals surface area contributed by atoms with Gasteiger partial charge in [-0.25, -0.2) is 0 Å². The molecule has 11 heavy (non-hydrogen) atoms. The van der Waals surface area contributed by atoms with Crippen molar-refractivity contribution in [3.05, 3.63) is 34.0 Å². The lowest BCUT2D eigenvalue weighted by atomic mass is 10.1. The van der Waals surface area contributed by atoms with Crippen molar-refractivity contribution in [3.8, 4) is 0 Å². The third-order valence-corrected chi connectivity index (χ3v) is 2.89. The Hall–Kier alpha value is -0.820. The summed E-state index contributed by atoms with van der Waals surface area (Å²) in [5.41, 5.74) is 1.34. The molecule has 2 rings (SSSR count). The average molecular weight is 162 g/mol. The number of hydrogen-bond donors (Lipinski definition) is 0. The van der Waals surface area contributed by atoms with Crippen molar-refractivity contribution in [1.29, 1.82) is 0 Å². The van der Waals surface area contributed by atoms with Gasteiger partial charge in [-0.2, -0.15) is 0 Å². The summed E-state index contributed by atoms with van der Waals surface area (Å²) in [5, 5.41) is 5.01. The van der Waals surface area contributed by atoms with Gasteiger partial charge in [0.15, 0.2) is 0 Å². The molecule has 0 bridgehead atoms. The summed E-state index contributed by atoms with van der Waals surface area (Å²) in [4.78, 5) is 1.42. The van der Waals surface area contributed by atoms with Crippen LogP contribution in [-0.2, 0) is 0 Å². The molecule has 1 aromatic carbocycles. The molecule has 0 nitrogen and oxygen atoms in total. The Kier molecular flexibility index (Phi) is 1.46. The number of rotatable bonds is 0. The quantitative estimate of drug-likeness (QED) is 0.556. The number of benzene rings is 1. The Morgan fingerprint density at radius 2 is 2.00 bits per heavy atom. The van der Waals surface area contributed by atoms with Crippen LogP contribution in [0.4, 0.5) is 0 Å². The summed E-state index contributed by atoms with van der Waals surface area (Å²) in [6.07, 6.45) is 0. The van der Waals surface area contributed by atoms with Crippen molar-refractivity contribution in [2.75, 3.05) is 0 Å². The van der Waals surface area contributed by atoms with Crippen molar-refractivity contribution in [2.24, 2.45) is 0 Å². The molecule has 0 fully saturated rings. The molecule has 0 aliphatic carbocycles. The highest BCUT2D eigenvalue weighted by molar-refractivity contribution is 7.11. The van der Waals surface area contributed by atoms with Crippen LogP contribution < -0.4 is 0 Å². The van der Waals surface area contributed by atoms with E-state index in [1.807, 2.05) is 11.3 Å². The molecule has 1 heterocycles. The molecule has 0 saturated carbocycles. The first-order chi connectivity index (χ1) is 5.27. The van der Waals surface area contributed by atoms with Gasteiger partial charge in [-0.1, -0.05) is 23.8 Å². The van der Waals surface area contributed by atoms with E-state index in [0.29, 0.717) is 0 Å². The zero-order valence-electron chi connectivity index (χ0n) is 6.72. The number of thiophene rings is 1. The van der Waals surface area contributed by atoms with Crippen LogP contribution in [0.3, 0.4) is 0 Å². The standard InChI is InChI=1S/C10H10S/c1-7-3-4-10-8(2)11-6-9(10)5-7/h3-6H,1-2H3. The fourth-order valence-corrected chi connectivity index (χ4v) is 2.13. The molecule has 0 spiro atoms. The number of aryl methyl sites for hydroxylation is 2. The molecule has 0 radical (unpaired) electrons. The Balaban J connectivity index is 2.86. The van der Waals surface area contributed by atoms with E-state index in [1.165, 1.54) is 21.2 Å². The van der Waals surface area contributed by atoms with E-state index in [1.54, 1.807) is 0 Å². The molecule has 1 heteroatoms. The van der Waals surface area contributed by atoms with E-state index < -0.39 is 0 Å². The highest BCUT2D eigenvalue weighted by Gasteiger charge is 1.97. The van der Waals surface area contributed by atoms with Gasteiger partial charge < -0.3 is 0 Å². The summed E-state index contributed by atoms with van der Waals surface area (Å²) in [6.45, 7) is 4.30. The fourth-order valence-electron chi connectivity index (χ4n) is 1.32. The Morgan fingerprint density at radius 3 is 2.82 bits per heavy atom. The second-order valence-electron chi connectivity index (χ2n) is 2.88. The summed E-state index contributed by atoms with van der Waals surface area (Å²) in [6, 6.07) is 6.61. The smallest absolute Gasteiger partial charge is 0.00927 e. The topological polar surface area (TPSA) is 0 Å².